The van der Waals surface area contributed by atoms with Gasteiger partial charge in [0.1, 0.15) is 0 Å². The van der Waals surface area contributed by atoms with Crippen LogP contribution in [0.4, 0.5) is 0 Å². The number of thioether (sulfide) groups is 1. The molecule has 1 rings (SSSR count). The molecule has 0 unspecified atom stereocenters. The summed E-state index contributed by atoms with van der Waals surface area (Å²) in [5.74, 6) is -0.253. The number of carbonyl (C=O) groups excluding carboxylic acids is 2. The maximum absolute atomic E-state index is 11.4. The number of hydrogen-bond acceptors (Lipinski definition) is 5. The van der Waals surface area contributed by atoms with Gasteiger partial charge in [0.15, 0.2) is 0 Å². The molecule has 1 heterocycles. The van der Waals surface area contributed by atoms with Crippen LogP contribution in [0.1, 0.15) is 6.92 Å². The highest BCUT2D eigenvalue weighted by molar-refractivity contribution is 8.00. The molecule has 0 aliphatic carbocycles. The second-order valence-corrected chi connectivity index (χ2v) is 4.41. The Bertz CT molecular complexity index is 236. The normalized spacial score (nSPS) is 18.9. The van der Waals surface area contributed by atoms with E-state index >= 15 is 0 Å². The molecule has 1 saturated heterocycles. The van der Waals surface area contributed by atoms with Gasteiger partial charge in [0.2, 0.25) is 11.8 Å². The van der Waals surface area contributed by atoms with Gasteiger partial charge in [-0.2, -0.15) is 0 Å². The van der Waals surface area contributed by atoms with Gasteiger partial charge in [0.25, 0.3) is 0 Å². The summed E-state index contributed by atoms with van der Waals surface area (Å²) >= 11 is 1.25. The second kappa shape index (κ2) is 4.29. The lowest BCUT2D eigenvalue weighted by Gasteiger charge is -2.38. The number of aliphatic hydroxyl groups excluding tert-OH is 2. The molecule has 5 nitrogen and oxygen atoms in total. The summed E-state index contributed by atoms with van der Waals surface area (Å²) in [5.41, 5.74) is -1.17. The van der Waals surface area contributed by atoms with Gasteiger partial charge in [-0.3, -0.25) is 14.5 Å². The Kier molecular flexibility index (Phi) is 3.52. The first kappa shape index (κ1) is 11.5. The van der Waals surface area contributed by atoms with Crippen LogP contribution < -0.4 is 0 Å². The number of rotatable bonds is 3. The predicted molar refractivity (Wildman–Crippen MR) is 51.8 cm³/mol. The molecule has 0 radical (unpaired) electrons. The highest BCUT2D eigenvalue weighted by atomic mass is 32.2. The average Bonchev–Trinajstić information content (AvgIpc) is 2.17. The summed E-state index contributed by atoms with van der Waals surface area (Å²) in [6, 6.07) is 0. The molecule has 14 heavy (non-hydrogen) atoms. The summed E-state index contributed by atoms with van der Waals surface area (Å²) in [5, 5.41) is 18.1. The Morgan fingerprint density at radius 2 is 1.71 bits per heavy atom. The van der Waals surface area contributed by atoms with Gasteiger partial charge in [-0.1, -0.05) is 0 Å². The molecule has 0 atom stereocenters. The molecule has 0 aromatic carbocycles. The summed E-state index contributed by atoms with van der Waals surface area (Å²) in [6.45, 7) is 0.635. The number of nitrogens with zero attached hydrogens (tertiary/aromatic N) is 1. The Labute approximate surface area is 86.1 Å². The smallest absolute Gasteiger partial charge is 0.239 e. The lowest BCUT2D eigenvalue weighted by molar-refractivity contribution is -0.153. The van der Waals surface area contributed by atoms with E-state index in [9.17, 15) is 9.59 Å². The predicted octanol–water partition coefficient (Wildman–Crippen LogP) is -1.17. The molecule has 2 N–H and O–H groups in total. The molecule has 1 fully saturated rings. The summed E-state index contributed by atoms with van der Waals surface area (Å²) in [6.07, 6.45) is 0. The third kappa shape index (κ3) is 1.92. The minimum absolute atomic E-state index is 0.224. The number of aliphatic hydroxyl groups is 2. The van der Waals surface area contributed by atoms with Crippen LogP contribution in [-0.2, 0) is 9.59 Å². The SMILES string of the molecule is CC(CO)(CO)N1C(=O)CSCC1=O. The van der Waals surface area contributed by atoms with Crippen LogP contribution in [0.25, 0.3) is 0 Å². The van der Waals surface area contributed by atoms with Gasteiger partial charge in [0.05, 0.1) is 30.3 Å². The molecule has 0 aromatic heterocycles. The van der Waals surface area contributed by atoms with E-state index in [0.717, 1.165) is 4.90 Å². The van der Waals surface area contributed by atoms with E-state index in [1.165, 1.54) is 18.7 Å². The van der Waals surface area contributed by atoms with Crippen LogP contribution in [0.15, 0.2) is 0 Å². The fourth-order valence-electron chi connectivity index (χ4n) is 1.29. The maximum atomic E-state index is 11.4. The van der Waals surface area contributed by atoms with E-state index in [1.54, 1.807) is 0 Å². The molecule has 6 heteroatoms. The molecule has 1 aliphatic rings. The molecule has 2 amide bonds. The molecular formula is C8H13NO4S. The van der Waals surface area contributed by atoms with Crippen LogP contribution >= 0.6 is 11.8 Å². The highest BCUT2D eigenvalue weighted by Gasteiger charge is 2.40. The van der Waals surface area contributed by atoms with Gasteiger partial charge >= 0.3 is 0 Å². The molecule has 80 valence electrons. The van der Waals surface area contributed by atoms with Crippen molar-refractivity contribution in [1.29, 1.82) is 0 Å². The van der Waals surface area contributed by atoms with E-state index in [4.69, 9.17) is 10.2 Å². The van der Waals surface area contributed by atoms with Gasteiger partial charge in [-0.15, -0.1) is 11.8 Å². The van der Waals surface area contributed by atoms with Crippen molar-refractivity contribution in [1.82, 2.24) is 4.90 Å². The zero-order valence-electron chi connectivity index (χ0n) is 7.89. The fourth-order valence-corrected chi connectivity index (χ4v) is 2.00. The minimum Gasteiger partial charge on any atom is -0.394 e. The summed E-state index contributed by atoms with van der Waals surface area (Å²) < 4.78 is 0. The van der Waals surface area contributed by atoms with Crippen LogP contribution in [0.3, 0.4) is 0 Å². The van der Waals surface area contributed by atoms with Gasteiger partial charge < -0.3 is 10.2 Å². The standard InChI is InChI=1S/C8H13NO4S/c1-8(4-10,5-11)9-6(12)2-14-3-7(9)13/h10-11H,2-5H2,1H3. The van der Waals surface area contributed by atoms with Crippen LogP contribution in [0.2, 0.25) is 0 Å². The Morgan fingerprint density at radius 1 is 1.29 bits per heavy atom. The molecule has 1 aliphatic heterocycles. The monoisotopic (exact) mass is 219 g/mol. The molecule has 0 saturated carbocycles. The minimum atomic E-state index is -1.17. The first-order valence-corrected chi connectivity index (χ1v) is 5.36. The van der Waals surface area contributed by atoms with Crippen molar-refractivity contribution in [3.63, 3.8) is 0 Å². The van der Waals surface area contributed by atoms with Crippen LogP contribution in [0.5, 0.6) is 0 Å². The number of hydrogen-bond donors (Lipinski definition) is 2. The van der Waals surface area contributed by atoms with Crippen LogP contribution in [-0.4, -0.2) is 57.2 Å². The largest absolute Gasteiger partial charge is 0.394 e. The Hall–Kier alpha value is -0.590. The topological polar surface area (TPSA) is 77.8 Å². The number of imide groups is 1. The third-order valence-corrected chi connectivity index (χ3v) is 3.07. The fraction of sp³-hybridized carbons (Fsp3) is 0.750. The van der Waals surface area contributed by atoms with Crippen molar-refractivity contribution in [2.75, 3.05) is 24.7 Å². The van der Waals surface area contributed by atoms with Crippen molar-refractivity contribution in [2.45, 2.75) is 12.5 Å². The first-order chi connectivity index (χ1) is 6.55. The Balaban J connectivity index is 2.91. The lowest BCUT2D eigenvalue weighted by atomic mass is 10.0. The summed E-state index contributed by atoms with van der Waals surface area (Å²) in [7, 11) is 0. The van der Waals surface area contributed by atoms with Gasteiger partial charge in [-0.05, 0) is 6.92 Å². The Morgan fingerprint density at radius 3 is 2.07 bits per heavy atom. The maximum Gasteiger partial charge on any atom is 0.239 e. The third-order valence-electron chi connectivity index (χ3n) is 2.17. The van der Waals surface area contributed by atoms with E-state index in [1.807, 2.05) is 0 Å². The van der Waals surface area contributed by atoms with Crippen molar-refractivity contribution < 1.29 is 19.8 Å². The highest BCUT2D eigenvalue weighted by Crippen LogP contribution is 2.21. The van der Waals surface area contributed by atoms with Crippen molar-refractivity contribution in [3.8, 4) is 0 Å². The van der Waals surface area contributed by atoms with Crippen molar-refractivity contribution in [3.05, 3.63) is 0 Å². The van der Waals surface area contributed by atoms with E-state index in [0.29, 0.717) is 0 Å². The zero-order chi connectivity index (χ0) is 10.8. The number of carbonyl (C=O) groups is 2. The average molecular weight is 219 g/mol. The van der Waals surface area contributed by atoms with Crippen molar-refractivity contribution >= 4 is 23.6 Å². The molecular weight excluding hydrogens is 206 g/mol. The second-order valence-electron chi connectivity index (χ2n) is 3.43. The van der Waals surface area contributed by atoms with E-state index < -0.39 is 18.8 Å². The van der Waals surface area contributed by atoms with E-state index in [2.05, 4.69) is 0 Å². The van der Waals surface area contributed by atoms with Crippen molar-refractivity contribution in [2.24, 2.45) is 0 Å². The van der Waals surface area contributed by atoms with Gasteiger partial charge in [-0.25, -0.2) is 0 Å². The molecule has 0 spiro atoms. The molecule has 0 bridgehead atoms. The first-order valence-electron chi connectivity index (χ1n) is 4.20. The lowest BCUT2D eigenvalue weighted by Crippen LogP contribution is -2.60. The summed E-state index contributed by atoms with van der Waals surface area (Å²) in [4.78, 5) is 23.8. The molecule has 0 aromatic rings. The van der Waals surface area contributed by atoms with Crippen LogP contribution in [0, 0.1) is 0 Å². The number of amides is 2. The van der Waals surface area contributed by atoms with E-state index in [-0.39, 0.29) is 23.3 Å². The quantitative estimate of drug-likeness (QED) is 0.585. The zero-order valence-corrected chi connectivity index (χ0v) is 8.71. The van der Waals surface area contributed by atoms with Gasteiger partial charge in [0, 0.05) is 0 Å².